The molecule has 6 nitrogen and oxygen atoms in total. The summed E-state index contributed by atoms with van der Waals surface area (Å²) in [5.74, 6) is 0.0749. The molecule has 2 amide bonds. The average Bonchev–Trinajstić information content (AvgIpc) is 2.63. The zero-order chi connectivity index (χ0) is 18.7. The summed E-state index contributed by atoms with van der Waals surface area (Å²) in [6.07, 6.45) is 5.10. The first-order chi connectivity index (χ1) is 12.4. The van der Waals surface area contributed by atoms with E-state index in [1.54, 1.807) is 23.1 Å². The number of nitrogens with one attached hydrogen (secondary N) is 1. The Labute approximate surface area is 156 Å². The molecule has 0 radical (unpaired) electrons. The first kappa shape index (κ1) is 19.2. The maximum atomic E-state index is 12.6. The van der Waals surface area contributed by atoms with Gasteiger partial charge in [-0.3, -0.25) is 0 Å². The van der Waals surface area contributed by atoms with Crippen LogP contribution in [0, 0.1) is 0 Å². The van der Waals surface area contributed by atoms with E-state index < -0.39 is 9.84 Å². The number of sulfone groups is 1. The van der Waals surface area contributed by atoms with Gasteiger partial charge in [-0.25, -0.2) is 13.2 Å². The van der Waals surface area contributed by atoms with E-state index >= 15 is 0 Å². The number of hydrogen-bond acceptors (Lipinski definition) is 4. The average molecular weight is 380 g/mol. The summed E-state index contributed by atoms with van der Waals surface area (Å²) in [6, 6.07) is 7.14. The van der Waals surface area contributed by atoms with Crippen molar-refractivity contribution in [3.8, 4) is 0 Å². The van der Waals surface area contributed by atoms with Gasteiger partial charge < -0.3 is 15.1 Å². The van der Waals surface area contributed by atoms with Crippen molar-refractivity contribution in [1.82, 2.24) is 15.1 Å². The second-order valence-electron chi connectivity index (χ2n) is 7.49. The highest BCUT2D eigenvalue weighted by atomic mass is 32.2. The fourth-order valence-corrected chi connectivity index (χ4v) is 5.57. The number of likely N-dealkylation sites (tertiary alicyclic amines) is 1. The summed E-state index contributed by atoms with van der Waals surface area (Å²) in [7, 11) is 0.733. The number of urea groups is 1. The van der Waals surface area contributed by atoms with Crippen molar-refractivity contribution >= 4 is 15.9 Å². The Morgan fingerprint density at radius 1 is 1.27 bits per heavy atom. The molecule has 1 fully saturated rings. The summed E-state index contributed by atoms with van der Waals surface area (Å²) < 4.78 is 24.4. The molecule has 26 heavy (non-hydrogen) atoms. The molecule has 1 saturated heterocycles. The molecule has 1 aromatic rings. The standard InChI is InChI=1S/C19H29N3O3S/c1-21-12-6-5-7-15(21)10-13-22(2)19(23)20-17-11-14-26(24,25)18-9-4-3-8-16(17)18/h3-4,8-9,15,17H,5-7,10-14H2,1-2H3,(H,20,23). The molecule has 1 aromatic carbocycles. The van der Waals surface area contributed by atoms with Crippen LogP contribution in [0.1, 0.15) is 43.7 Å². The first-order valence-corrected chi connectivity index (χ1v) is 11.1. The van der Waals surface area contributed by atoms with E-state index in [9.17, 15) is 13.2 Å². The Balaban J connectivity index is 1.59. The molecular formula is C19H29N3O3S. The highest BCUT2D eigenvalue weighted by molar-refractivity contribution is 7.91. The lowest BCUT2D eigenvalue weighted by Gasteiger charge is -2.34. The minimum absolute atomic E-state index is 0.0749. The van der Waals surface area contributed by atoms with Gasteiger partial charge in [0.15, 0.2) is 9.84 Å². The van der Waals surface area contributed by atoms with E-state index in [1.165, 1.54) is 19.3 Å². The zero-order valence-electron chi connectivity index (χ0n) is 15.6. The van der Waals surface area contributed by atoms with Crippen LogP contribution in [-0.4, -0.2) is 63.2 Å². The van der Waals surface area contributed by atoms with E-state index in [2.05, 4.69) is 17.3 Å². The normalized spacial score (nSPS) is 25.3. The van der Waals surface area contributed by atoms with Gasteiger partial charge >= 0.3 is 6.03 Å². The highest BCUT2D eigenvalue weighted by Crippen LogP contribution is 2.32. The number of hydrogen-bond donors (Lipinski definition) is 1. The molecule has 7 heteroatoms. The Kier molecular flexibility index (Phi) is 5.87. The maximum Gasteiger partial charge on any atom is 0.317 e. The predicted molar refractivity (Wildman–Crippen MR) is 102 cm³/mol. The number of piperidine rings is 1. The van der Waals surface area contributed by atoms with Crippen LogP contribution in [-0.2, 0) is 9.84 Å². The number of carbonyl (C=O) groups is 1. The van der Waals surface area contributed by atoms with Crippen molar-refractivity contribution in [2.75, 3.05) is 32.9 Å². The monoisotopic (exact) mass is 379 g/mol. The topological polar surface area (TPSA) is 69.7 Å². The minimum Gasteiger partial charge on any atom is -0.331 e. The fourth-order valence-electron chi connectivity index (χ4n) is 3.95. The SMILES string of the molecule is CN(CCC1CCCCN1C)C(=O)NC1CCS(=O)(=O)c2ccccc21. The van der Waals surface area contributed by atoms with Crippen LogP contribution in [0.25, 0.3) is 0 Å². The third-order valence-corrected chi connectivity index (χ3v) is 7.48. The Morgan fingerprint density at radius 2 is 2.04 bits per heavy atom. The third kappa shape index (κ3) is 4.20. The molecule has 0 saturated carbocycles. The first-order valence-electron chi connectivity index (χ1n) is 9.42. The van der Waals surface area contributed by atoms with Crippen molar-refractivity contribution < 1.29 is 13.2 Å². The number of benzene rings is 1. The molecule has 2 heterocycles. The van der Waals surface area contributed by atoms with Crippen LogP contribution in [0.15, 0.2) is 29.2 Å². The number of rotatable bonds is 4. The molecule has 3 rings (SSSR count). The molecule has 2 aliphatic heterocycles. The van der Waals surface area contributed by atoms with Crippen molar-refractivity contribution in [3.05, 3.63) is 29.8 Å². The molecular weight excluding hydrogens is 350 g/mol. The fraction of sp³-hybridized carbons (Fsp3) is 0.632. The van der Waals surface area contributed by atoms with E-state index in [0.717, 1.165) is 13.0 Å². The summed E-state index contributed by atoms with van der Waals surface area (Å²) in [5.41, 5.74) is 0.701. The van der Waals surface area contributed by atoms with Crippen molar-refractivity contribution in [2.45, 2.75) is 49.1 Å². The van der Waals surface area contributed by atoms with Gasteiger partial charge in [-0.15, -0.1) is 0 Å². The maximum absolute atomic E-state index is 12.6. The van der Waals surface area contributed by atoms with Gasteiger partial charge in [-0.1, -0.05) is 24.6 Å². The van der Waals surface area contributed by atoms with Crippen LogP contribution in [0.5, 0.6) is 0 Å². The molecule has 0 spiro atoms. The Bertz CT molecular complexity index is 750. The zero-order valence-corrected chi connectivity index (χ0v) is 16.5. The highest BCUT2D eigenvalue weighted by Gasteiger charge is 2.31. The van der Waals surface area contributed by atoms with Gasteiger partial charge in [0, 0.05) is 19.6 Å². The molecule has 2 aliphatic rings. The summed E-state index contributed by atoms with van der Waals surface area (Å²) in [6.45, 7) is 1.83. The largest absolute Gasteiger partial charge is 0.331 e. The summed E-state index contributed by atoms with van der Waals surface area (Å²) in [4.78, 5) is 17.0. The molecule has 144 valence electrons. The summed E-state index contributed by atoms with van der Waals surface area (Å²) in [5, 5.41) is 3.02. The molecule has 1 N–H and O–H groups in total. The van der Waals surface area contributed by atoms with E-state index in [4.69, 9.17) is 0 Å². The smallest absolute Gasteiger partial charge is 0.317 e. The van der Waals surface area contributed by atoms with Crippen molar-refractivity contribution in [2.24, 2.45) is 0 Å². The number of fused-ring (bicyclic) bond motifs is 1. The van der Waals surface area contributed by atoms with E-state index in [0.29, 0.717) is 29.5 Å². The van der Waals surface area contributed by atoms with Crippen LogP contribution in [0.3, 0.4) is 0 Å². The number of nitrogens with zero attached hydrogens (tertiary/aromatic N) is 2. The van der Waals surface area contributed by atoms with E-state index in [1.807, 2.05) is 13.1 Å². The lowest BCUT2D eigenvalue weighted by molar-refractivity contribution is 0.159. The van der Waals surface area contributed by atoms with Crippen LogP contribution in [0.2, 0.25) is 0 Å². The molecule has 2 atom stereocenters. The summed E-state index contributed by atoms with van der Waals surface area (Å²) >= 11 is 0. The van der Waals surface area contributed by atoms with Gasteiger partial charge in [-0.2, -0.15) is 0 Å². The minimum atomic E-state index is -3.23. The Morgan fingerprint density at radius 3 is 2.81 bits per heavy atom. The van der Waals surface area contributed by atoms with Crippen LogP contribution in [0.4, 0.5) is 4.79 Å². The lowest BCUT2D eigenvalue weighted by atomic mass is 10.00. The number of amides is 2. The second-order valence-corrected chi connectivity index (χ2v) is 9.57. The van der Waals surface area contributed by atoms with Gasteiger partial charge in [0.25, 0.3) is 0 Å². The number of carbonyl (C=O) groups excluding carboxylic acids is 1. The van der Waals surface area contributed by atoms with Crippen molar-refractivity contribution in [1.29, 1.82) is 0 Å². The van der Waals surface area contributed by atoms with Crippen LogP contribution < -0.4 is 5.32 Å². The van der Waals surface area contributed by atoms with E-state index in [-0.39, 0.29) is 17.8 Å². The quantitative estimate of drug-likeness (QED) is 0.872. The van der Waals surface area contributed by atoms with Gasteiger partial charge in [0.1, 0.15) is 0 Å². The third-order valence-electron chi connectivity index (χ3n) is 5.67. The predicted octanol–water partition coefficient (Wildman–Crippen LogP) is 2.42. The molecule has 0 aliphatic carbocycles. The Hall–Kier alpha value is -1.60. The van der Waals surface area contributed by atoms with Gasteiger partial charge in [-0.05, 0) is 50.9 Å². The van der Waals surface area contributed by atoms with Crippen LogP contribution >= 0.6 is 0 Å². The molecule has 0 aromatic heterocycles. The second kappa shape index (κ2) is 7.96. The lowest BCUT2D eigenvalue weighted by Crippen LogP contribution is -2.44. The van der Waals surface area contributed by atoms with Crippen molar-refractivity contribution in [3.63, 3.8) is 0 Å². The van der Waals surface area contributed by atoms with Gasteiger partial charge in [0.2, 0.25) is 0 Å². The molecule has 0 bridgehead atoms. The van der Waals surface area contributed by atoms with Gasteiger partial charge in [0.05, 0.1) is 16.7 Å². The molecule has 2 unspecified atom stereocenters.